The Morgan fingerprint density at radius 1 is 1.29 bits per heavy atom. The number of nitrogens with zero attached hydrogens (tertiary/aromatic N) is 2. The number of hydrogen-bond donors (Lipinski definition) is 1. The van der Waals surface area contributed by atoms with Crippen LogP contribution in [0.25, 0.3) is 0 Å². The van der Waals surface area contributed by atoms with Crippen molar-refractivity contribution in [1.82, 2.24) is 9.47 Å². The number of thiophene rings is 1. The van der Waals surface area contributed by atoms with E-state index >= 15 is 0 Å². The monoisotopic (exact) mass is 304 g/mol. The van der Waals surface area contributed by atoms with Gasteiger partial charge in [-0.1, -0.05) is 13.0 Å². The second kappa shape index (κ2) is 6.34. The number of aliphatic hydroxyl groups is 1. The van der Waals surface area contributed by atoms with Crippen molar-refractivity contribution in [2.75, 3.05) is 19.7 Å². The molecule has 1 atom stereocenters. The molecule has 1 fully saturated rings. The van der Waals surface area contributed by atoms with Gasteiger partial charge in [0, 0.05) is 41.9 Å². The van der Waals surface area contributed by atoms with Crippen LogP contribution in [0.3, 0.4) is 0 Å². The molecule has 1 N–H and O–H groups in total. The Labute approximate surface area is 130 Å². The number of piperidine rings is 1. The van der Waals surface area contributed by atoms with Crippen LogP contribution in [-0.2, 0) is 13.1 Å². The summed E-state index contributed by atoms with van der Waals surface area (Å²) >= 11 is 1.81. The fraction of sp³-hybridized carbons (Fsp3) is 0.529. The maximum atomic E-state index is 9.59. The van der Waals surface area contributed by atoms with Crippen molar-refractivity contribution < 1.29 is 5.11 Å². The first-order valence-corrected chi connectivity index (χ1v) is 8.56. The molecule has 21 heavy (non-hydrogen) atoms. The summed E-state index contributed by atoms with van der Waals surface area (Å²) in [5.41, 5.74) is 1.44. The number of likely N-dealkylation sites (tertiary alicyclic amines) is 1. The second-order valence-corrected chi connectivity index (χ2v) is 7.52. The van der Waals surface area contributed by atoms with Crippen molar-refractivity contribution in [3.05, 3.63) is 46.4 Å². The second-order valence-electron chi connectivity index (χ2n) is 6.49. The average molecular weight is 304 g/mol. The first-order chi connectivity index (χ1) is 10.2. The van der Waals surface area contributed by atoms with Crippen molar-refractivity contribution in [2.45, 2.75) is 32.9 Å². The lowest BCUT2D eigenvalue weighted by atomic mass is 9.83. The molecule has 0 saturated carbocycles. The van der Waals surface area contributed by atoms with Crippen LogP contribution in [0.15, 0.2) is 35.8 Å². The molecule has 1 saturated heterocycles. The molecule has 114 valence electrons. The molecule has 1 aliphatic rings. The third kappa shape index (κ3) is 3.57. The Hall–Kier alpha value is -1.10. The first-order valence-electron chi connectivity index (χ1n) is 7.68. The van der Waals surface area contributed by atoms with Gasteiger partial charge >= 0.3 is 0 Å². The summed E-state index contributed by atoms with van der Waals surface area (Å²) < 4.78 is 2.34. The summed E-state index contributed by atoms with van der Waals surface area (Å²) in [7, 11) is 0. The average Bonchev–Trinajstić information content (AvgIpc) is 3.12. The van der Waals surface area contributed by atoms with Crippen LogP contribution in [0.5, 0.6) is 0 Å². The highest BCUT2D eigenvalue weighted by Crippen LogP contribution is 2.29. The molecule has 0 radical (unpaired) electrons. The van der Waals surface area contributed by atoms with Gasteiger partial charge < -0.3 is 9.67 Å². The van der Waals surface area contributed by atoms with E-state index in [9.17, 15) is 5.11 Å². The number of rotatable bonds is 5. The Kier molecular flexibility index (Phi) is 4.48. The van der Waals surface area contributed by atoms with E-state index < -0.39 is 0 Å². The molecule has 0 bridgehead atoms. The van der Waals surface area contributed by atoms with Gasteiger partial charge in [-0.3, -0.25) is 4.90 Å². The predicted molar refractivity (Wildman–Crippen MR) is 87.6 cm³/mol. The fourth-order valence-corrected chi connectivity index (χ4v) is 3.94. The summed E-state index contributed by atoms with van der Waals surface area (Å²) in [4.78, 5) is 3.88. The molecule has 2 aromatic heterocycles. The lowest BCUT2D eigenvalue weighted by Crippen LogP contribution is -2.43. The predicted octanol–water partition coefficient (Wildman–Crippen LogP) is 3.19. The molecular formula is C17H24N2OS. The van der Waals surface area contributed by atoms with Gasteiger partial charge in [-0.05, 0) is 43.0 Å². The van der Waals surface area contributed by atoms with Crippen molar-refractivity contribution in [3.8, 4) is 0 Å². The SMILES string of the molecule is CC1(CO)CCCN(Cc2cccn2Cc2cccs2)C1. The third-order valence-corrected chi connectivity index (χ3v) is 5.32. The zero-order valence-corrected chi connectivity index (χ0v) is 13.5. The van der Waals surface area contributed by atoms with E-state index in [-0.39, 0.29) is 5.41 Å². The molecule has 3 rings (SSSR count). The van der Waals surface area contributed by atoms with Crippen LogP contribution in [0, 0.1) is 5.41 Å². The summed E-state index contributed by atoms with van der Waals surface area (Å²) in [6.07, 6.45) is 4.49. The van der Waals surface area contributed by atoms with Gasteiger partial charge in [0.05, 0.1) is 6.54 Å². The van der Waals surface area contributed by atoms with Gasteiger partial charge in [0.2, 0.25) is 0 Å². The van der Waals surface area contributed by atoms with Gasteiger partial charge in [-0.15, -0.1) is 11.3 Å². The minimum Gasteiger partial charge on any atom is -0.396 e. The Morgan fingerprint density at radius 3 is 2.95 bits per heavy atom. The normalized spacial score (nSPS) is 23.5. The van der Waals surface area contributed by atoms with Gasteiger partial charge in [0.15, 0.2) is 0 Å². The Balaban J connectivity index is 1.66. The topological polar surface area (TPSA) is 28.4 Å². The van der Waals surface area contributed by atoms with E-state index in [0.717, 1.165) is 32.6 Å². The molecular weight excluding hydrogens is 280 g/mol. The van der Waals surface area contributed by atoms with E-state index in [2.05, 4.69) is 52.2 Å². The highest BCUT2D eigenvalue weighted by molar-refractivity contribution is 7.09. The van der Waals surface area contributed by atoms with E-state index in [1.165, 1.54) is 17.0 Å². The standard InChI is InChI=1S/C17H24N2OS/c1-17(14-20)7-4-8-18(13-17)11-15-5-2-9-19(15)12-16-6-3-10-21-16/h2-3,5-6,9-10,20H,4,7-8,11-14H2,1H3. The smallest absolute Gasteiger partial charge is 0.0566 e. The van der Waals surface area contributed by atoms with Crippen LogP contribution in [0.4, 0.5) is 0 Å². The Morgan fingerprint density at radius 2 is 2.19 bits per heavy atom. The molecule has 0 aliphatic carbocycles. The highest BCUT2D eigenvalue weighted by atomic mass is 32.1. The van der Waals surface area contributed by atoms with E-state index in [4.69, 9.17) is 0 Å². The number of aromatic nitrogens is 1. The minimum atomic E-state index is 0.0728. The quantitative estimate of drug-likeness (QED) is 0.919. The van der Waals surface area contributed by atoms with Gasteiger partial charge in [-0.25, -0.2) is 0 Å². The van der Waals surface area contributed by atoms with E-state index in [1.54, 1.807) is 0 Å². The van der Waals surface area contributed by atoms with Crippen molar-refractivity contribution in [1.29, 1.82) is 0 Å². The zero-order chi connectivity index (χ0) is 14.7. The molecule has 3 nitrogen and oxygen atoms in total. The summed E-state index contributed by atoms with van der Waals surface area (Å²) in [6, 6.07) is 8.66. The van der Waals surface area contributed by atoms with Gasteiger partial charge in [-0.2, -0.15) is 0 Å². The van der Waals surface area contributed by atoms with Crippen LogP contribution in [0.2, 0.25) is 0 Å². The lowest BCUT2D eigenvalue weighted by Gasteiger charge is -2.39. The molecule has 1 aliphatic heterocycles. The van der Waals surface area contributed by atoms with Gasteiger partial charge in [0.25, 0.3) is 0 Å². The first kappa shape index (κ1) is 14.8. The van der Waals surface area contributed by atoms with Crippen LogP contribution >= 0.6 is 11.3 Å². The Bertz CT molecular complexity index is 563. The van der Waals surface area contributed by atoms with E-state index in [0.29, 0.717) is 6.61 Å². The van der Waals surface area contributed by atoms with Crippen LogP contribution in [-0.4, -0.2) is 34.3 Å². The van der Waals surface area contributed by atoms with E-state index in [1.807, 2.05) is 11.3 Å². The summed E-state index contributed by atoms with van der Waals surface area (Å²) in [6.45, 7) is 6.57. The maximum Gasteiger partial charge on any atom is 0.0566 e. The molecule has 0 amide bonds. The fourth-order valence-electron chi connectivity index (χ4n) is 3.24. The van der Waals surface area contributed by atoms with Crippen molar-refractivity contribution in [2.24, 2.45) is 5.41 Å². The van der Waals surface area contributed by atoms with Gasteiger partial charge in [0.1, 0.15) is 0 Å². The summed E-state index contributed by atoms with van der Waals surface area (Å²) in [5.74, 6) is 0. The maximum absolute atomic E-state index is 9.59. The summed E-state index contributed by atoms with van der Waals surface area (Å²) in [5, 5.41) is 11.7. The van der Waals surface area contributed by atoms with Crippen molar-refractivity contribution >= 4 is 11.3 Å². The van der Waals surface area contributed by atoms with Crippen LogP contribution in [0.1, 0.15) is 30.3 Å². The molecule has 1 unspecified atom stereocenters. The number of hydrogen-bond acceptors (Lipinski definition) is 3. The molecule has 0 aromatic carbocycles. The molecule has 0 spiro atoms. The molecule has 2 aromatic rings. The lowest BCUT2D eigenvalue weighted by molar-refractivity contribution is 0.0419. The molecule has 4 heteroatoms. The zero-order valence-electron chi connectivity index (χ0n) is 12.7. The number of aliphatic hydroxyl groups excluding tert-OH is 1. The highest BCUT2D eigenvalue weighted by Gasteiger charge is 2.30. The molecule has 3 heterocycles. The minimum absolute atomic E-state index is 0.0728. The largest absolute Gasteiger partial charge is 0.396 e. The van der Waals surface area contributed by atoms with Crippen molar-refractivity contribution in [3.63, 3.8) is 0 Å². The third-order valence-electron chi connectivity index (χ3n) is 4.46. The van der Waals surface area contributed by atoms with Crippen LogP contribution < -0.4 is 0 Å².